The number of hydrogen-bond donors (Lipinski definition) is 1. The molecule has 2 nitrogen and oxygen atoms in total. The van der Waals surface area contributed by atoms with Crippen LogP contribution in [0.4, 0.5) is 0 Å². The van der Waals surface area contributed by atoms with Crippen LogP contribution in [-0.4, -0.2) is 12.2 Å². The van der Waals surface area contributed by atoms with Gasteiger partial charge in [-0.25, -0.2) is 0 Å². The summed E-state index contributed by atoms with van der Waals surface area (Å²) in [7, 11) is 1.59. The van der Waals surface area contributed by atoms with Crippen molar-refractivity contribution in [3.05, 3.63) is 35.4 Å². The van der Waals surface area contributed by atoms with Crippen LogP contribution in [0.1, 0.15) is 18.1 Å². The fourth-order valence-electron chi connectivity index (χ4n) is 1.23. The van der Waals surface area contributed by atoms with Gasteiger partial charge in [0.2, 0.25) is 0 Å². The average Bonchev–Trinajstić information content (AvgIpc) is 2.10. The number of hydrogen-bond acceptors (Lipinski definition) is 2. The summed E-state index contributed by atoms with van der Waals surface area (Å²) in [6, 6.07) is 5.51. The van der Waals surface area contributed by atoms with Crippen molar-refractivity contribution < 1.29 is 9.84 Å². The SMILES string of the molecule is C/C=C(/OC)c1ccc(C)cc1O. The molecule has 1 rings (SSSR count). The third-order valence-corrected chi connectivity index (χ3v) is 1.90. The normalized spacial score (nSPS) is 11.5. The van der Waals surface area contributed by atoms with Crippen molar-refractivity contribution in [2.24, 2.45) is 0 Å². The summed E-state index contributed by atoms with van der Waals surface area (Å²) in [5.74, 6) is 0.951. The summed E-state index contributed by atoms with van der Waals surface area (Å²) >= 11 is 0. The minimum Gasteiger partial charge on any atom is -0.507 e. The van der Waals surface area contributed by atoms with Crippen molar-refractivity contribution in [3.8, 4) is 5.75 Å². The van der Waals surface area contributed by atoms with Crippen molar-refractivity contribution in [1.82, 2.24) is 0 Å². The maximum Gasteiger partial charge on any atom is 0.126 e. The first-order valence-electron chi connectivity index (χ1n) is 4.19. The minimum absolute atomic E-state index is 0.259. The van der Waals surface area contributed by atoms with E-state index in [0.717, 1.165) is 11.1 Å². The highest BCUT2D eigenvalue weighted by Crippen LogP contribution is 2.26. The van der Waals surface area contributed by atoms with Gasteiger partial charge in [-0.05, 0) is 37.6 Å². The van der Waals surface area contributed by atoms with E-state index in [2.05, 4.69) is 0 Å². The molecule has 0 bridgehead atoms. The molecular weight excluding hydrogens is 164 g/mol. The van der Waals surface area contributed by atoms with Gasteiger partial charge < -0.3 is 9.84 Å². The Hall–Kier alpha value is -1.44. The molecule has 1 N–H and O–H groups in total. The molecule has 0 spiro atoms. The van der Waals surface area contributed by atoms with E-state index < -0.39 is 0 Å². The third kappa shape index (κ3) is 2.02. The van der Waals surface area contributed by atoms with E-state index in [1.165, 1.54) is 0 Å². The molecule has 1 aromatic rings. The van der Waals surface area contributed by atoms with Gasteiger partial charge in [0.05, 0.1) is 12.7 Å². The summed E-state index contributed by atoms with van der Waals surface area (Å²) in [6.07, 6.45) is 1.82. The lowest BCUT2D eigenvalue weighted by atomic mass is 10.1. The number of aryl methyl sites for hydroxylation is 1. The average molecular weight is 178 g/mol. The largest absolute Gasteiger partial charge is 0.507 e. The molecule has 70 valence electrons. The Labute approximate surface area is 78.5 Å². The Balaban J connectivity index is 3.15. The molecular formula is C11H14O2. The predicted molar refractivity (Wildman–Crippen MR) is 53.5 cm³/mol. The summed E-state index contributed by atoms with van der Waals surface area (Å²) in [6.45, 7) is 3.81. The molecule has 0 aliphatic rings. The summed E-state index contributed by atoms with van der Waals surface area (Å²) in [5, 5.41) is 9.60. The van der Waals surface area contributed by atoms with Crippen molar-refractivity contribution >= 4 is 5.76 Å². The lowest BCUT2D eigenvalue weighted by molar-refractivity contribution is 0.365. The summed E-state index contributed by atoms with van der Waals surface area (Å²) in [4.78, 5) is 0. The Morgan fingerprint density at radius 3 is 2.62 bits per heavy atom. The van der Waals surface area contributed by atoms with Crippen LogP contribution in [0.2, 0.25) is 0 Å². The minimum atomic E-state index is 0.259. The molecule has 0 atom stereocenters. The van der Waals surface area contributed by atoms with Crippen LogP contribution in [0.25, 0.3) is 5.76 Å². The first-order valence-corrected chi connectivity index (χ1v) is 4.19. The van der Waals surface area contributed by atoms with E-state index in [1.54, 1.807) is 13.2 Å². The molecule has 0 heterocycles. The molecule has 0 amide bonds. The van der Waals surface area contributed by atoms with Crippen molar-refractivity contribution in [2.45, 2.75) is 13.8 Å². The molecule has 0 saturated heterocycles. The lowest BCUT2D eigenvalue weighted by Gasteiger charge is -2.08. The monoisotopic (exact) mass is 178 g/mol. The van der Waals surface area contributed by atoms with Crippen LogP contribution in [0, 0.1) is 6.92 Å². The summed E-state index contributed by atoms with van der Waals surface area (Å²) in [5.41, 5.74) is 1.77. The molecule has 0 aliphatic heterocycles. The topological polar surface area (TPSA) is 29.5 Å². The molecule has 2 heteroatoms. The fraction of sp³-hybridized carbons (Fsp3) is 0.273. The third-order valence-electron chi connectivity index (χ3n) is 1.90. The molecule has 0 aromatic heterocycles. The number of rotatable bonds is 2. The maximum atomic E-state index is 9.60. The van der Waals surface area contributed by atoms with Gasteiger partial charge in [-0.3, -0.25) is 0 Å². The Morgan fingerprint density at radius 2 is 2.15 bits per heavy atom. The van der Waals surface area contributed by atoms with E-state index in [9.17, 15) is 5.11 Å². The van der Waals surface area contributed by atoms with Crippen molar-refractivity contribution in [3.63, 3.8) is 0 Å². The van der Waals surface area contributed by atoms with Crippen molar-refractivity contribution in [2.75, 3.05) is 7.11 Å². The standard InChI is InChI=1S/C11H14O2/c1-4-11(13-3)9-6-5-8(2)7-10(9)12/h4-7,12H,1-3H3/b11-4+. The van der Waals surface area contributed by atoms with Gasteiger partial charge >= 0.3 is 0 Å². The zero-order valence-corrected chi connectivity index (χ0v) is 8.16. The van der Waals surface area contributed by atoms with Crippen LogP contribution in [0.3, 0.4) is 0 Å². The van der Waals surface area contributed by atoms with Gasteiger partial charge in [0, 0.05) is 0 Å². The first kappa shape index (κ1) is 9.65. The second kappa shape index (κ2) is 3.99. The fourth-order valence-corrected chi connectivity index (χ4v) is 1.23. The van der Waals surface area contributed by atoms with Gasteiger partial charge in [-0.1, -0.05) is 6.07 Å². The molecule has 0 saturated carbocycles. The quantitative estimate of drug-likeness (QED) is 0.705. The Bertz CT molecular complexity index is 327. The van der Waals surface area contributed by atoms with E-state index >= 15 is 0 Å². The molecule has 0 unspecified atom stereocenters. The van der Waals surface area contributed by atoms with Gasteiger partial charge in [0.25, 0.3) is 0 Å². The van der Waals surface area contributed by atoms with Crippen LogP contribution < -0.4 is 0 Å². The second-order valence-electron chi connectivity index (χ2n) is 2.88. The number of allylic oxidation sites excluding steroid dienone is 1. The number of aromatic hydroxyl groups is 1. The molecule has 0 radical (unpaired) electrons. The van der Waals surface area contributed by atoms with Crippen LogP contribution in [-0.2, 0) is 4.74 Å². The van der Waals surface area contributed by atoms with Gasteiger partial charge in [0.1, 0.15) is 11.5 Å². The van der Waals surface area contributed by atoms with E-state index in [-0.39, 0.29) is 5.75 Å². The van der Waals surface area contributed by atoms with E-state index in [4.69, 9.17) is 4.74 Å². The second-order valence-corrected chi connectivity index (χ2v) is 2.88. The lowest BCUT2D eigenvalue weighted by Crippen LogP contribution is -1.88. The number of phenols is 1. The zero-order valence-electron chi connectivity index (χ0n) is 8.16. The Kier molecular flexibility index (Phi) is 2.96. The van der Waals surface area contributed by atoms with Gasteiger partial charge in [-0.2, -0.15) is 0 Å². The highest BCUT2D eigenvalue weighted by atomic mass is 16.5. The smallest absolute Gasteiger partial charge is 0.126 e. The van der Waals surface area contributed by atoms with Crippen LogP contribution in [0.5, 0.6) is 5.75 Å². The predicted octanol–water partition coefficient (Wildman–Crippen LogP) is 2.71. The molecule has 1 aromatic carbocycles. The highest BCUT2D eigenvalue weighted by Gasteiger charge is 2.05. The number of ether oxygens (including phenoxy) is 1. The number of benzene rings is 1. The van der Waals surface area contributed by atoms with Gasteiger partial charge in [-0.15, -0.1) is 0 Å². The highest BCUT2D eigenvalue weighted by molar-refractivity contribution is 5.65. The van der Waals surface area contributed by atoms with E-state index in [1.807, 2.05) is 32.1 Å². The molecule has 0 aliphatic carbocycles. The number of phenolic OH excluding ortho intramolecular Hbond substituents is 1. The van der Waals surface area contributed by atoms with Crippen LogP contribution in [0.15, 0.2) is 24.3 Å². The first-order chi connectivity index (χ1) is 6.19. The maximum absolute atomic E-state index is 9.60. The Morgan fingerprint density at radius 1 is 1.46 bits per heavy atom. The molecule has 0 fully saturated rings. The van der Waals surface area contributed by atoms with Gasteiger partial charge in [0.15, 0.2) is 0 Å². The zero-order chi connectivity index (χ0) is 9.84. The van der Waals surface area contributed by atoms with Crippen molar-refractivity contribution in [1.29, 1.82) is 0 Å². The van der Waals surface area contributed by atoms with E-state index in [0.29, 0.717) is 5.76 Å². The summed E-state index contributed by atoms with van der Waals surface area (Å²) < 4.78 is 5.11. The molecule has 13 heavy (non-hydrogen) atoms. The number of methoxy groups -OCH3 is 1. The van der Waals surface area contributed by atoms with Crippen LogP contribution >= 0.6 is 0 Å².